The molecule has 1 aliphatic heterocycles. The summed E-state index contributed by atoms with van der Waals surface area (Å²) in [6.07, 6.45) is 1.15. The second-order valence-corrected chi connectivity index (χ2v) is 5.91. The van der Waals surface area contributed by atoms with E-state index in [0.29, 0.717) is 17.2 Å². The number of hydrogen-bond acceptors (Lipinski definition) is 3. The number of nitrogens with zero attached hydrogens (tertiary/aromatic N) is 1. The van der Waals surface area contributed by atoms with Gasteiger partial charge in [0.1, 0.15) is 0 Å². The van der Waals surface area contributed by atoms with Crippen LogP contribution in [0.5, 0.6) is 0 Å². The van der Waals surface area contributed by atoms with Gasteiger partial charge in [0, 0.05) is 23.2 Å². The minimum atomic E-state index is -0.0891. The molecule has 1 heterocycles. The third-order valence-electron chi connectivity index (χ3n) is 3.63. The Balaban J connectivity index is 1.89. The van der Waals surface area contributed by atoms with Crippen LogP contribution in [-0.4, -0.2) is 37.0 Å². The van der Waals surface area contributed by atoms with Gasteiger partial charge in [0.05, 0.1) is 5.56 Å². The van der Waals surface area contributed by atoms with E-state index in [1.807, 2.05) is 6.07 Å². The third kappa shape index (κ3) is 3.70. The van der Waals surface area contributed by atoms with Crippen molar-refractivity contribution in [3.05, 3.63) is 28.2 Å². The molecule has 1 fully saturated rings. The van der Waals surface area contributed by atoms with Crippen LogP contribution in [0.1, 0.15) is 23.7 Å². The van der Waals surface area contributed by atoms with Crippen molar-refractivity contribution in [1.29, 1.82) is 0 Å². The molecule has 4 nitrogen and oxygen atoms in total. The number of nitrogen functional groups attached to an aromatic ring is 1. The molecule has 1 atom stereocenters. The second-order valence-electron chi connectivity index (χ2n) is 4.99. The van der Waals surface area contributed by atoms with Gasteiger partial charge < -0.3 is 16.0 Å². The largest absolute Gasteiger partial charge is 0.398 e. The summed E-state index contributed by atoms with van der Waals surface area (Å²) in [5, 5.41) is 2.99. The van der Waals surface area contributed by atoms with Crippen molar-refractivity contribution in [2.45, 2.75) is 13.3 Å². The van der Waals surface area contributed by atoms with Crippen molar-refractivity contribution in [2.75, 3.05) is 31.9 Å². The Hall–Kier alpha value is -1.07. The Labute approximate surface area is 122 Å². The van der Waals surface area contributed by atoms with Gasteiger partial charge in [-0.3, -0.25) is 4.79 Å². The highest BCUT2D eigenvalue weighted by atomic mass is 79.9. The molecule has 1 aliphatic rings. The van der Waals surface area contributed by atoms with Gasteiger partial charge >= 0.3 is 0 Å². The summed E-state index contributed by atoms with van der Waals surface area (Å²) in [4.78, 5) is 14.5. The number of anilines is 1. The van der Waals surface area contributed by atoms with Crippen molar-refractivity contribution in [3.8, 4) is 0 Å². The zero-order valence-corrected chi connectivity index (χ0v) is 12.7. The minimum absolute atomic E-state index is 0.0891. The van der Waals surface area contributed by atoms with Crippen molar-refractivity contribution < 1.29 is 4.79 Å². The van der Waals surface area contributed by atoms with E-state index in [2.05, 4.69) is 33.1 Å². The summed E-state index contributed by atoms with van der Waals surface area (Å²) in [5.41, 5.74) is 6.89. The summed E-state index contributed by atoms with van der Waals surface area (Å²) < 4.78 is 0.866. The van der Waals surface area contributed by atoms with E-state index in [0.717, 1.165) is 37.1 Å². The average molecular weight is 326 g/mol. The fourth-order valence-electron chi connectivity index (χ4n) is 2.42. The molecule has 0 aliphatic carbocycles. The fourth-order valence-corrected chi connectivity index (χ4v) is 2.79. The standard InChI is InChI=1S/C14H20BrN3O/c1-2-18-6-5-10(9-18)8-17-14(19)12-7-11(15)3-4-13(12)16/h3-4,7,10H,2,5-6,8-9,16H2,1H3,(H,17,19). The van der Waals surface area contributed by atoms with Crippen LogP contribution < -0.4 is 11.1 Å². The Kier molecular flexibility index (Phi) is 4.82. The summed E-state index contributed by atoms with van der Waals surface area (Å²) in [6, 6.07) is 5.34. The van der Waals surface area contributed by atoms with Crippen LogP contribution in [0.3, 0.4) is 0 Å². The number of hydrogen-bond donors (Lipinski definition) is 2. The molecule has 0 spiro atoms. The van der Waals surface area contributed by atoms with Gasteiger partial charge in [0.2, 0.25) is 0 Å². The van der Waals surface area contributed by atoms with Crippen LogP contribution in [0.25, 0.3) is 0 Å². The molecule has 5 heteroatoms. The van der Waals surface area contributed by atoms with Gasteiger partial charge in [0.25, 0.3) is 5.91 Å². The second kappa shape index (κ2) is 6.39. The molecule has 104 valence electrons. The van der Waals surface area contributed by atoms with Gasteiger partial charge in [0.15, 0.2) is 0 Å². The lowest BCUT2D eigenvalue weighted by atomic mass is 10.1. The molecule has 0 aromatic heterocycles. The molecule has 0 bridgehead atoms. The van der Waals surface area contributed by atoms with Crippen LogP contribution in [0.2, 0.25) is 0 Å². The number of benzene rings is 1. The molecule has 2 rings (SSSR count). The number of amides is 1. The maximum Gasteiger partial charge on any atom is 0.253 e. The highest BCUT2D eigenvalue weighted by molar-refractivity contribution is 9.10. The SMILES string of the molecule is CCN1CCC(CNC(=O)c2cc(Br)ccc2N)C1. The Morgan fingerprint density at radius 2 is 2.37 bits per heavy atom. The number of carbonyl (C=O) groups is 1. The molecular formula is C14H20BrN3O. The van der Waals surface area contributed by atoms with Crippen molar-refractivity contribution in [2.24, 2.45) is 5.92 Å². The quantitative estimate of drug-likeness (QED) is 0.833. The molecular weight excluding hydrogens is 306 g/mol. The minimum Gasteiger partial charge on any atom is -0.398 e. The van der Waals surface area contributed by atoms with Crippen molar-refractivity contribution in [3.63, 3.8) is 0 Å². The highest BCUT2D eigenvalue weighted by Crippen LogP contribution is 2.19. The van der Waals surface area contributed by atoms with Crippen LogP contribution in [0.4, 0.5) is 5.69 Å². The van der Waals surface area contributed by atoms with Crippen LogP contribution in [0.15, 0.2) is 22.7 Å². The number of likely N-dealkylation sites (tertiary alicyclic amines) is 1. The smallest absolute Gasteiger partial charge is 0.253 e. The van der Waals surface area contributed by atoms with Crippen LogP contribution in [0, 0.1) is 5.92 Å². The first-order valence-electron chi connectivity index (χ1n) is 6.65. The van der Waals surface area contributed by atoms with Gasteiger partial charge in [-0.05, 0) is 43.6 Å². The van der Waals surface area contributed by atoms with Gasteiger partial charge in [-0.1, -0.05) is 22.9 Å². The van der Waals surface area contributed by atoms with E-state index < -0.39 is 0 Å². The molecule has 0 radical (unpaired) electrons. The zero-order valence-electron chi connectivity index (χ0n) is 11.2. The van der Waals surface area contributed by atoms with Crippen LogP contribution in [-0.2, 0) is 0 Å². The van der Waals surface area contributed by atoms with E-state index in [1.54, 1.807) is 12.1 Å². The first-order valence-corrected chi connectivity index (χ1v) is 7.45. The number of carbonyl (C=O) groups excluding carboxylic acids is 1. The number of nitrogens with two attached hydrogens (primary N) is 1. The van der Waals surface area contributed by atoms with Crippen molar-refractivity contribution >= 4 is 27.5 Å². The molecule has 1 aromatic carbocycles. The lowest BCUT2D eigenvalue weighted by molar-refractivity contribution is 0.0948. The molecule has 3 N–H and O–H groups in total. The number of nitrogens with one attached hydrogen (secondary N) is 1. The summed E-state index contributed by atoms with van der Waals surface area (Å²) in [5.74, 6) is 0.464. The number of rotatable bonds is 4. The fraction of sp³-hybridized carbons (Fsp3) is 0.500. The maximum absolute atomic E-state index is 12.1. The third-order valence-corrected chi connectivity index (χ3v) is 4.12. The monoisotopic (exact) mass is 325 g/mol. The molecule has 1 unspecified atom stereocenters. The molecule has 1 amide bonds. The first-order chi connectivity index (χ1) is 9.10. The van der Waals surface area contributed by atoms with E-state index >= 15 is 0 Å². The topological polar surface area (TPSA) is 58.4 Å². The summed E-state index contributed by atoms with van der Waals surface area (Å²) >= 11 is 3.36. The highest BCUT2D eigenvalue weighted by Gasteiger charge is 2.21. The molecule has 1 saturated heterocycles. The maximum atomic E-state index is 12.1. The lowest BCUT2D eigenvalue weighted by Crippen LogP contribution is -2.31. The zero-order chi connectivity index (χ0) is 13.8. The van der Waals surface area contributed by atoms with E-state index in [9.17, 15) is 4.79 Å². The Morgan fingerprint density at radius 3 is 3.05 bits per heavy atom. The van der Waals surface area contributed by atoms with Crippen molar-refractivity contribution in [1.82, 2.24) is 10.2 Å². The Morgan fingerprint density at radius 1 is 1.58 bits per heavy atom. The van der Waals surface area contributed by atoms with Gasteiger partial charge in [-0.25, -0.2) is 0 Å². The van der Waals surface area contributed by atoms with E-state index in [-0.39, 0.29) is 5.91 Å². The molecule has 19 heavy (non-hydrogen) atoms. The predicted molar refractivity (Wildman–Crippen MR) is 81.1 cm³/mol. The summed E-state index contributed by atoms with van der Waals surface area (Å²) in [6.45, 7) is 6.19. The van der Waals surface area contributed by atoms with Crippen LogP contribution >= 0.6 is 15.9 Å². The normalized spacial score (nSPS) is 19.6. The number of halogens is 1. The van der Waals surface area contributed by atoms with E-state index in [4.69, 9.17) is 5.73 Å². The summed E-state index contributed by atoms with van der Waals surface area (Å²) in [7, 11) is 0. The molecule has 0 saturated carbocycles. The first kappa shape index (κ1) is 14.3. The average Bonchev–Trinajstić information content (AvgIpc) is 2.87. The molecule has 1 aromatic rings. The van der Waals surface area contributed by atoms with Gasteiger partial charge in [-0.2, -0.15) is 0 Å². The van der Waals surface area contributed by atoms with E-state index in [1.165, 1.54) is 0 Å². The van der Waals surface area contributed by atoms with Gasteiger partial charge in [-0.15, -0.1) is 0 Å². The predicted octanol–water partition coefficient (Wildman–Crippen LogP) is 2.10. The lowest BCUT2D eigenvalue weighted by Gasteiger charge is -2.14. The Bertz CT molecular complexity index is 464.